The van der Waals surface area contributed by atoms with Crippen LogP contribution in [0.15, 0.2) is 47.6 Å². The predicted octanol–water partition coefficient (Wildman–Crippen LogP) is 2.39. The average molecular weight is 290 g/mol. The number of nitrogens with zero attached hydrogens (tertiary/aromatic N) is 1. The van der Waals surface area contributed by atoms with Gasteiger partial charge in [-0.1, -0.05) is 23.7 Å². The fourth-order valence-electron chi connectivity index (χ4n) is 1.51. The van der Waals surface area contributed by atoms with Gasteiger partial charge in [-0.15, -0.1) is 0 Å². The molecule has 0 aliphatic carbocycles. The minimum atomic E-state index is -0.542. The lowest BCUT2D eigenvalue weighted by Crippen LogP contribution is -2.18. The molecule has 2 aromatic rings. The van der Waals surface area contributed by atoms with Gasteiger partial charge in [-0.2, -0.15) is 5.10 Å². The molecule has 0 bridgehead atoms. The molecule has 0 heterocycles. The van der Waals surface area contributed by atoms with Gasteiger partial charge in [-0.3, -0.25) is 4.79 Å². The Morgan fingerprint density at radius 2 is 1.95 bits per heavy atom. The Balaban J connectivity index is 2.05. The van der Waals surface area contributed by atoms with Gasteiger partial charge in [0, 0.05) is 10.7 Å². The number of hydrazone groups is 1. The fourth-order valence-corrected chi connectivity index (χ4v) is 1.64. The van der Waals surface area contributed by atoms with Gasteiger partial charge in [0.05, 0.1) is 11.8 Å². The van der Waals surface area contributed by atoms with E-state index in [1.165, 1.54) is 24.4 Å². The summed E-state index contributed by atoms with van der Waals surface area (Å²) in [6, 6.07) is 11.2. The molecule has 0 saturated carbocycles. The summed E-state index contributed by atoms with van der Waals surface area (Å²) in [7, 11) is 0. The van der Waals surface area contributed by atoms with Gasteiger partial charge in [0.15, 0.2) is 0 Å². The van der Waals surface area contributed by atoms with Gasteiger partial charge in [0.25, 0.3) is 5.91 Å². The highest BCUT2D eigenvalue weighted by Gasteiger charge is 2.10. The Kier molecular flexibility index (Phi) is 4.22. The van der Waals surface area contributed by atoms with Gasteiger partial charge < -0.3 is 10.8 Å². The van der Waals surface area contributed by atoms with Crippen LogP contribution in [0.25, 0.3) is 0 Å². The second kappa shape index (κ2) is 6.08. The second-order valence-electron chi connectivity index (χ2n) is 4.03. The van der Waals surface area contributed by atoms with Crippen LogP contribution in [0.3, 0.4) is 0 Å². The molecule has 0 aliphatic rings. The molecule has 2 aromatic carbocycles. The zero-order chi connectivity index (χ0) is 14.5. The summed E-state index contributed by atoms with van der Waals surface area (Å²) in [5.74, 6) is -0.696. The molecule has 102 valence electrons. The summed E-state index contributed by atoms with van der Waals surface area (Å²) in [6.07, 6.45) is 1.47. The number of phenolic OH excluding ortho intramolecular Hbond substituents is 1. The highest BCUT2D eigenvalue weighted by molar-refractivity contribution is 6.30. The number of amides is 1. The number of carbonyl (C=O) groups excluding carboxylic acids is 1. The number of nitrogen functional groups attached to an aromatic ring is 1. The Labute approximate surface area is 120 Å². The molecule has 0 aromatic heterocycles. The minimum Gasteiger partial charge on any atom is -0.507 e. The number of phenols is 1. The van der Waals surface area contributed by atoms with Gasteiger partial charge in [-0.25, -0.2) is 5.43 Å². The molecular formula is C14H12ClN3O2. The van der Waals surface area contributed by atoms with Crippen molar-refractivity contribution >= 4 is 29.4 Å². The maximum absolute atomic E-state index is 11.8. The maximum atomic E-state index is 11.8. The van der Waals surface area contributed by atoms with Crippen LogP contribution in [0, 0.1) is 0 Å². The Bertz CT molecular complexity index is 654. The van der Waals surface area contributed by atoms with Crippen molar-refractivity contribution in [3.63, 3.8) is 0 Å². The van der Waals surface area contributed by atoms with Crippen molar-refractivity contribution in [2.45, 2.75) is 0 Å². The molecule has 6 heteroatoms. The molecule has 0 atom stereocenters. The van der Waals surface area contributed by atoms with E-state index in [-0.39, 0.29) is 11.3 Å². The predicted molar refractivity (Wildman–Crippen MR) is 79.0 cm³/mol. The molecule has 20 heavy (non-hydrogen) atoms. The zero-order valence-corrected chi connectivity index (χ0v) is 11.1. The van der Waals surface area contributed by atoms with Crippen LogP contribution < -0.4 is 11.2 Å². The number of hydrogen-bond donors (Lipinski definition) is 3. The van der Waals surface area contributed by atoms with E-state index in [2.05, 4.69) is 10.5 Å². The van der Waals surface area contributed by atoms with Crippen LogP contribution >= 0.6 is 11.6 Å². The van der Waals surface area contributed by atoms with Gasteiger partial charge >= 0.3 is 0 Å². The largest absolute Gasteiger partial charge is 0.507 e. The SMILES string of the molecule is Nc1ccc(O)c(C(=O)N/N=C/c2ccc(Cl)cc2)c1. The molecule has 5 nitrogen and oxygen atoms in total. The smallest absolute Gasteiger partial charge is 0.275 e. The molecule has 0 aliphatic heterocycles. The summed E-state index contributed by atoms with van der Waals surface area (Å²) in [6.45, 7) is 0. The van der Waals surface area contributed by atoms with Crippen LogP contribution in [0.5, 0.6) is 5.75 Å². The van der Waals surface area contributed by atoms with E-state index in [1.54, 1.807) is 24.3 Å². The average Bonchev–Trinajstić information content (AvgIpc) is 2.43. The highest BCUT2D eigenvalue weighted by atomic mass is 35.5. The number of benzene rings is 2. The van der Waals surface area contributed by atoms with E-state index < -0.39 is 5.91 Å². The number of anilines is 1. The van der Waals surface area contributed by atoms with Gasteiger partial charge in [0.2, 0.25) is 0 Å². The summed E-state index contributed by atoms with van der Waals surface area (Å²) in [5, 5.41) is 14.0. The minimum absolute atomic E-state index is 0.0678. The summed E-state index contributed by atoms with van der Waals surface area (Å²) < 4.78 is 0. The third-order valence-corrected chi connectivity index (χ3v) is 2.77. The topological polar surface area (TPSA) is 87.7 Å². The van der Waals surface area contributed by atoms with E-state index in [9.17, 15) is 9.90 Å². The van der Waals surface area contributed by atoms with Crippen LogP contribution in [0.4, 0.5) is 5.69 Å². The Morgan fingerprint density at radius 1 is 1.25 bits per heavy atom. The number of rotatable bonds is 3. The molecule has 4 N–H and O–H groups in total. The molecule has 0 radical (unpaired) electrons. The van der Waals surface area contributed by atoms with E-state index >= 15 is 0 Å². The van der Waals surface area contributed by atoms with Gasteiger partial charge in [0.1, 0.15) is 5.75 Å². The van der Waals surface area contributed by atoms with Crippen LogP contribution in [-0.4, -0.2) is 17.2 Å². The van der Waals surface area contributed by atoms with Crippen molar-refractivity contribution in [3.8, 4) is 5.75 Å². The van der Waals surface area contributed by atoms with E-state index in [4.69, 9.17) is 17.3 Å². The molecule has 0 spiro atoms. The van der Waals surface area contributed by atoms with Crippen molar-refractivity contribution in [2.75, 3.05) is 5.73 Å². The highest BCUT2D eigenvalue weighted by Crippen LogP contribution is 2.19. The Hall–Kier alpha value is -2.53. The summed E-state index contributed by atoms with van der Waals surface area (Å²) in [4.78, 5) is 11.8. The van der Waals surface area contributed by atoms with Crippen molar-refractivity contribution in [1.82, 2.24) is 5.43 Å². The summed E-state index contributed by atoms with van der Waals surface area (Å²) in [5.41, 5.74) is 9.10. The first-order chi connectivity index (χ1) is 9.56. The first kappa shape index (κ1) is 13.9. The molecular weight excluding hydrogens is 278 g/mol. The third kappa shape index (κ3) is 3.49. The third-order valence-electron chi connectivity index (χ3n) is 2.51. The number of aromatic hydroxyl groups is 1. The Morgan fingerprint density at radius 3 is 2.65 bits per heavy atom. The first-order valence-electron chi connectivity index (χ1n) is 5.74. The first-order valence-corrected chi connectivity index (χ1v) is 6.11. The van der Waals surface area contributed by atoms with Crippen LogP contribution in [0.1, 0.15) is 15.9 Å². The van der Waals surface area contributed by atoms with E-state index in [1.807, 2.05) is 0 Å². The number of carbonyl (C=O) groups is 1. The molecule has 2 rings (SSSR count). The number of hydrogen-bond acceptors (Lipinski definition) is 4. The van der Waals surface area contributed by atoms with E-state index in [0.717, 1.165) is 5.56 Å². The normalized spacial score (nSPS) is 10.7. The van der Waals surface area contributed by atoms with Crippen molar-refractivity contribution in [3.05, 3.63) is 58.6 Å². The number of halogens is 1. The molecule has 0 unspecified atom stereocenters. The lowest BCUT2D eigenvalue weighted by molar-refractivity contribution is 0.0952. The van der Waals surface area contributed by atoms with Crippen molar-refractivity contribution in [1.29, 1.82) is 0 Å². The number of nitrogens with one attached hydrogen (secondary N) is 1. The van der Waals surface area contributed by atoms with Crippen LogP contribution in [-0.2, 0) is 0 Å². The fraction of sp³-hybridized carbons (Fsp3) is 0. The second-order valence-corrected chi connectivity index (χ2v) is 4.46. The molecule has 0 saturated heterocycles. The summed E-state index contributed by atoms with van der Waals surface area (Å²) >= 11 is 5.75. The van der Waals surface area contributed by atoms with E-state index in [0.29, 0.717) is 10.7 Å². The van der Waals surface area contributed by atoms with Crippen LogP contribution in [0.2, 0.25) is 5.02 Å². The zero-order valence-electron chi connectivity index (χ0n) is 10.4. The quantitative estimate of drug-likeness (QED) is 0.351. The lowest BCUT2D eigenvalue weighted by Gasteiger charge is -2.03. The maximum Gasteiger partial charge on any atom is 0.275 e. The standard InChI is InChI=1S/C14H12ClN3O2/c15-10-3-1-9(2-4-10)8-17-18-14(20)12-7-11(16)5-6-13(12)19/h1-8,19H,16H2,(H,18,20)/b17-8+. The van der Waals surface area contributed by atoms with Gasteiger partial charge in [-0.05, 0) is 35.9 Å². The van der Waals surface area contributed by atoms with Crippen molar-refractivity contribution in [2.24, 2.45) is 5.10 Å². The van der Waals surface area contributed by atoms with Crippen molar-refractivity contribution < 1.29 is 9.90 Å². The molecule has 1 amide bonds. The lowest BCUT2D eigenvalue weighted by atomic mass is 10.1. The molecule has 0 fully saturated rings. The monoisotopic (exact) mass is 289 g/mol. The number of nitrogens with two attached hydrogens (primary N) is 1.